The molecule has 5 heteroatoms. The molecule has 1 amide bonds. The molecule has 0 aliphatic heterocycles. The number of aromatic nitrogens is 1. The number of hydrogen-bond acceptors (Lipinski definition) is 2. The first kappa shape index (κ1) is 11.8. The van der Waals surface area contributed by atoms with Gasteiger partial charge in [0.1, 0.15) is 5.15 Å². The molecule has 1 aromatic rings. The molecular formula is C10H13ClN2O2. The van der Waals surface area contributed by atoms with Gasteiger partial charge in [0.25, 0.3) is 0 Å². The maximum Gasteiger partial charge on any atom is 0.217 e. The van der Waals surface area contributed by atoms with Gasteiger partial charge in [0.2, 0.25) is 5.91 Å². The molecule has 0 saturated heterocycles. The number of halogens is 1. The van der Waals surface area contributed by atoms with E-state index in [0.717, 1.165) is 5.69 Å². The number of carbonyl (C=O) groups is 1. The van der Waals surface area contributed by atoms with Crippen molar-refractivity contribution >= 4 is 17.5 Å². The first-order chi connectivity index (χ1) is 6.93. The third-order valence-electron chi connectivity index (χ3n) is 2.22. The summed E-state index contributed by atoms with van der Waals surface area (Å²) in [5.74, 6) is -0.186. The number of pyridine rings is 1. The standard InChI is InChI=1S/C10H13ClN2O2/c1-6-4-9(15)8(5-12-7(2)14)10(11)13(6)3/h4H,5H2,1-3H3,(H,12,14). The molecule has 0 aliphatic rings. The van der Waals surface area contributed by atoms with E-state index in [1.54, 1.807) is 18.5 Å². The van der Waals surface area contributed by atoms with E-state index in [-0.39, 0.29) is 17.9 Å². The second-order valence-corrected chi connectivity index (χ2v) is 3.75. The van der Waals surface area contributed by atoms with Crippen LogP contribution in [0.2, 0.25) is 5.15 Å². The molecule has 0 fully saturated rings. The quantitative estimate of drug-likeness (QED) is 0.768. The number of amides is 1. The fourth-order valence-corrected chi connectivity index (χ4v) is 1.50. The lowest BCUT2D eigenvalue weighted by atomic mass is 10.2. The Labute approximate surface area is 92.9 Å². The molecule has 0 aromatic carbocycles. The van der Waals surface area contributed by atoms with Crippen molar-refractivity contribution < 1.29 is 4.79 Å². The number of rotatable bonds is 2. The number of hydrogen-bond donors (Lipinski definition) is 1. The summed E-state index contributed by atoms with van der Waals surface area (Å²) in [6.45, 7) is 3.36. The van der Waals surface area contributed by atoms with Gasteiger partial charge in [0.05, 0.1) is 5.56 Å². The number of aryl methyl sites for hydroxylation is 1. The zero-order chi connectivity index (χ0) is 11.6. The van der Waals surface area contributed by atoms with Crippen LogP contribution < -0.4 is 10.7 Å². The van der Waals surface area contributed by atoms with Gasteiger partial charge < -0.3 is 9.88 Å². The van der Waals surface area contributed by atoms with Crippen LogP contribution in [0.3, 0.4) is 0 Å². The van der Waals surface area contributed by atoms with E-state index in [2.05, 4.69) is 5.32 Å². The molecule has 1 aromatic heterocycles. The molecule has 0 atom stereocenters. The Morgan fingerprint density at radius 1 is 1.60 bits per heavy atom. The van der Waals surface area contributed by atoms with Crippen molar-refractivity contribution in [3.05, 3.63) is 32.7 Å². The van der Waals surface area contributed by atoms with Crippen LogP contribution in [-0.2, 0) is 18.4 Å². The molecule has 0 saturated carbocycles. The molecule has 0 radical (unpaired) electrons. The summed E-state index contributed by atoms with van der Waals surface area (Å²) in [5.41, 5.74) is 1.06. The van der Waals surface area contributed by atoms with Crippen LogP contribution in [0, 0.1) is 6.92 Å². The highest BCUT2D eigenvalue weighted by atomic mass is 35.5. The summed E-state index contributed by atoms with van der Waals surface area (Å²) >= 11 is 6.00. The largest absolute Gasteiger partial charge is 0.352 e. The van der Waals surface area contributed by atoms with E-state index in [1.807, 2.05) is 0 Å². The molecule has 15 heavy (non-hydrogen) atoms. The Morgan fingerprint density at radius 3 is 2.73 bits per heavy atom. The van der Waals surface area contributed by atoms with E-state index in [9.17, 15) is 9.59 Å². The normalized spacial score (nSPS) is 10.1. The molecule has 82 valence electrons. The molecule has 0 unspecified atom stereocenters. The van der Waals surface area contributed by atoms with Crippen LogP contribution in [0.15, 0.2) is 10.9 Å². The Bertz CT molecular complexity index is 451. The minimum Gasteiger partial charge on any atom is -0.352 e. The summed E-state index contributed by atoms with van der Waals surface area (Å²) < 4.78 is 1.71. The van der Waals surface area contributed by atoms with Gasteiger partial charge in [0.15, 0.2) is 5.43 Å². The van der Waals surface area contributed by atoms with Gasteiger partial charge >= 0.3 is 0 Å². The van der Waals surface area contributed by atoms with Crippen LogP contribution in [-0.4, -0.2) is 10.5 Å². The topological polar surface area (TPSA) is 51.1 Å². The molecule has 1 N–H and O–H groups in total. The maximum absolute atomic E-state index is 11.6. The zero-order valence-electron chi connectivity index (χ0n) is 8.93. The third kappa shape index (κ3) is 2.59. The molecule has 1 rings (SSSR count). The predicted molar refractivity (Wildman–Crippen MR) is 59.0 cm³/mol. The molecule has 0 bridgehead atoms. The highest BCUT2D eigenvalue weighted by molar-refractivity contribution is 6.30. The fourth-order valence-electron chi connectivity index (χ4n) is 1.21. The molecule has 4 nitrogen and oxygen atoms in total. The average Bonchev–Trinajstić information content (AvgIpc) is 2.14. The van der Waals surface area contributed by atoms with Gasteiger partial charge in [-0.2, -0.15) is 0 Å². The molecule has 1 heterocycles. The second-order valence-electron chi connectivity index (χ2n) is 3.39. The van der Waals surface area contributed by atoms with Gasteiger partial charge in [-0.3, -0.25) is 9.59 Å². The Balaban J connectivity index is 3.13. The Hall–Kier alpha value is -1.29. The molecular weight excluding hydrogens is 216 g/mol. The Morgan fingerprint density at radius 2 is 2.20 bits per heavy atom. The van der Waals surface area contributed by atoms with E-state index in [4.69, 9.17) is 11.6 Å². The lowest BCUT2D eigenvalue weighted by Crippen LogP contribution is -2.25. The number of nitrogens with one attached hydrogen (secondary N) is 1. The number of nitrogens with zero attached hydrogens (tertiary/aromatic N) is 1. The van der Waals surface area contributed by atoms with Crippen molar-refractivity contribution in [2.24, 2.45) is 7.05 Å². The third-order valence-corrected chi connectivity index (χ3v) is 2.71. The summed E-state index contributed by atoms with van der Waals surface area (Å²) in [6, 6.07) is 1.50. The van der Waals surface area contributed by atoms with Gasteiger partial charge in [-0.1, -0.05) is 11.6 Å². The van der Waals surface area contributed by atoms with E-state index in [0.29, 0.717) is 10.7 Å². The maximum atomic E-state index is 11.6. The first-order valence-corrected chi connectivity index (χ1v) is 4.90. The van der Waals surface area contributed by atoms with Crippen molar-refractivity contribution in [2.75, 3.05) is 0 Å². The zero-order valence-corrected chi connectivity index (χ0v) is 9.68. The van der Waals surface area contributed by atoms with E-state index >= 15 is 0 Å². The monoisotopic (exact) mass is 228 g/mol. The minimum absolute atomic E-state index is 0.149. The summed E-state index contributed by atoms with van der Waals surface area (Å²) in [5, 5.41) is 2.92. The predicted octanol–water partition coefficient (Wildman–Crippen LogP) is 0.983. The van der Waals surface area contributed by atoms with Gasteiger partial charge in [-0.15, -0.1) is 0 Å². The van der Waals surface area contributed by atoms with E-state index < -0.39 is 0 Å². The second kappa shape index (κ2) is 4.49. The lowest BCUT2D eigenvalue weighted by Gasteiger charge is -2.11. The van der Waals surface area contributed by atoms with Gasteiger partial charge in [-0.25, -0.2) is 0 Å². The van der Waals surface area contributed by atoms with Crippen molar-refractivity contribution in [1.82, 2.24) is 9.88 Å². The van der Waals surface area contributed by atoms with Crippen molar-refractivity contribution in [3.63, 3.8) is 0 Å². The number of carbonyl (C=O) groups excluding carboxylic acids is 1. The lowest BCUT2D eigenvalue weighted by molar-refractivity contribution is -0.119. The highest BCUT2D eigenvalue weighted by Gasteiger charge is 2.09. The SMILES string of the molecule is CC(=O)NCc1c(Cl)n(C)c(C)cc1=O. The van der Waals surface area contributed by atoms with Crippen molar-refractivity contribution in [1.29, 1.82) is 0 Å². The van der Waals surface area contributed by atoms with Crippen LogP contribution in [0.5, 0.6) is 0 Å². The van der Waals surface area contributed by atoms with Crippen molar-refractivity contribution in [2.45, 2.75) is 20.4 Å². The minimum atomic E-state index is -0.186. The van der Waals surface area contributed by atoms with Crippen molar-refractivity contribution in [3.8, 4) is 0 Å². The summed E-state index contributed by atoms with van der Waals surface area (Å²) in [7, 11) is 1.77. The van der Waals surface area contributed by atoms with Crippen LogP contribution in [0.1, 0.15) is 18.2 Å². The summed E-state index contributed by atoms with van der Waals surface area (Å²) in [6.07, 6.45) is 0. The highest BCUT2D eigenvalue weighted by Crippen LogP contribution is 2.12. The van der Waals surface area contributed by atoms with Crippen LogP contribution in [0.4, 0.5) is 0 Å². The van der Waals surface area contributed by atoms with Gasteiger partial charge in [0, 0.05) is 32.3 Å². The smallest absolute Gasteiger partial charge is 0.217 e. The Kier molecular flexibility index (Phi) is 3.52. The molecule has 0 spiro atoms. The first-order valence-electron chi connectivity index (χ1n) is 4.53. The fraction of sp³-hybridized carbons (Fsp3) is 0.400. The van der Waals surface area contributed by atoms with Crippen LogP contribution in [0.25, 0.3) is 0 Å². The summed E-state index contributed by atoms with van der Waals surface area (Å²) in [4.78, 5) is 22.3. The van der Waals surface area contributed by atoms with Crippen LogP contribution >= 0.6 is 11.6 Å². The average molecular weight is 229 g/mol. The van der Waals surface area contributed by atoms with E-state index in [1.165, 1.54) is 13.0 Å². The van der Waals surface area contributed by atoms with Gasteiger partial charge in [-0.05, 0) is 6.92 Å². The molecule has 0 aliphatic carbocycles.